The minimum atomic E-state index is -0.103. The van der Waals surface area contributed by atoms with E-state index in [0.717, 1.165) is 24.3 Å². The fourth-order valence-electron chi connectivity index (χ4n) is 1.56. The largest absolute Gasteiger partial charge is 0.369 e. The SMILES string of the molecule is CN(N=Cc1ccc(N(CCCl)CCCl)cc1)C(=N)N. The number of benzene rings is 1. The van der Waals surface area contributed by atoms with Gasteiger partial charge in [0.25, 0.3) is 0 Å². The van der Waals surface area contributed by atoms with Gasteiger partial charge in [-0.25, -0.2) is 5.01 Å². The Hall–Kier alpha value is -1.46. The summed E-state index contributed by atoms with van der Waals surface area (Å²) in [4.78, 5) is 2.13. The van der Waals surface area contributed by atoms with Crippen molar-refractivity contribution in [3.8, 4) is 0 Å². The summed E-state index contributed by atoms with van der Waals surface area (Å²) in [5.41, 5.74) is 7.30. The van der Waals surface area contributed by atoms with Crippen molar-refractivity contribution >= 4 is 41.1 Å². The van der Waals surface area contributed by atoms with Crippen molar-refractivity contribution < 1.29 is 0 Å². The predicted octanol–water partition coefficient (Wildman–Crippen LogP) is 2.13. The van der Waals surface area contributed by atoms with E-state index < -0.39 is 0 Å². The summed E-state index contributed by atoms with van der Waals surface area (Å²) in [5, 5.41) is 12.5. The molecular formula is C13H19Cl2N5. The van der Waals surface area contributed by atoms with E-state index in [9.17, 15) is 0 Å². The van der Waals surface area contributed by atoms with Crippen molar-refractivity contribution in [2.75, 3.05) is 36.8 Å². The lowest BCUT2D eigenvalue weighted by Crippen LogP contribution is -2.28. The van der Waals surface area contributed by atoms with Crippen molar-refractivity contribution in [1.82, 2.24) is 5.01 Å². The van der Waals surface area contributed by atoms with E-state index in [1.807, 2.05) is 24.3 Å². The Balaban J connectivity index is 2.74. The average molecular weight is 316 g/mol. The number of hydrogen-bond donors (Lipinski definition) is 2. The van der Waals surface area contributed by atoms with Crippen LogP contribution in [0.4, 0.5) is 5.69 Å². The number of nitrogens with one attached hydrogen (secondary N) is 1. The topological polar surface area (TPSA) is 68.7 Å². The number of nitrogens with two attached hydrogens (primary N) is 1. The quantitative estimate of drug-likeness (QED) is 0.350. The van der Waals surface area contributed by atoms with Gasteiger partial charge in [-0.1, -0.05) is 12.1 Å². The maximum absolute atomic E-state index is 7.21. The Morgan fingerprint density at radius 2 is 1.80 bits per heavy atom. The van der Waals surface area contributed by atoms with Gasteiger partial charge < -0.3 is 10.6 Å². The number of anilines is 1. The molecule has 0 unspecified atom stereocenters. The Kier molecular flexibility index (Phi) is 7.18. The van der Waals surface area contributed by atoms with Crippen LogP contribution in [0.25, 0.3) is 0 Å². The van der Waals surface area contributed by atoms with Crippen LogP contribution in [0.3, 0.4) is 0 Å². The van der Waals surface area contributed by atoms with E-state index in [-0.39, 0.29) is 5.96 Å². The highest BCUT2D eigenvalue weighted by atomic mass is 35.5. The van der Waals surface area contributed by atoms with E-state index in [1.54, 1.807) is 13.3 Å². The normalized spacial score (nSPS) is 10.8. The Labute approximate surface area is 129 Å². The van der Waals surface area contributed by atoms with Crippen LogP contribution in [0.15, 0.2) is 29.4 Å². The molecule has 0 aliphatic rings. The van der Waals surface area contributed by atoms with Crippen molar-refractivity contribution in [2.24, 2.45) is 10.8 Å². The van der Waals surface area contributed by atoms with Crippen LogP contribution >= 0.6 is 23.2 Å². The van der Waals surface area contributed by atoms with Crippen molar-refractivity contribution in [3.05, 3.63) is 29.8 Å². The molecule has 3 N–H and O–H groups in total. The van der Waals surface area contributed by atoms with Crippen LogP contribution in [-0.4, -0.2) is 49.1 Å². The number of nitrogens with zero attached hydrogens (tertiary/aromatic N) is 3. The van der Waals surface area contributed by atoms with Crippen LogP contribution in [0, 0.1) is 5.41 Å². The maximum atomic E-state index is 7.21. The first-order valence-electron chi connectivity index (χ1n) is 6.17. The number of alkyl halides is 2. The minimum absolute atomic E-state index is 0.103. The van der Waals surface area contributed by atoms with E-state index in [0.29, 0.717) is 11.8 Å². The fraction of sp³-hybridized carbons (Fsp3) is 0.385. The molecule has 20 heavy (non-hydrogen) atoms. The zero-order valence-corrected chi connectivity index (χ0v) is 12.9. The highest BCUT2D eigenvalue weighted by Crippen LogP contribution is 2.15. The molecule has 0 amide bonds. The number of halogens is 2. The molecule has 5 nitrogen and oxygen atoms in total. The maximum Gasteiger partial charge on any atom is 0.208 e. The Morgan fingerprint density at radius 3 is 2.25 bits per heavy atom. The Morgan fingerprint density at radius 1 is 1.25 bits per heavy atom. The van der Waals surface area contributed by atoms with Gasteiger partial charge in [-0.2, -0.15) is 5.10 Å². The van der Waals surface area contributed by atoms with Gasteiger partial charge in [0.05, 0.1) is 6.21 Å². The first-order chi connectivity index (χ1) is 9.58. The summed E-state index contributed by atoms with van der Waals surface area (Å²) >= 11 is 11.6. The van der Waals surface area contributed by atoms with Crippen LogP contribution in [0.5, 0.6) is 0 Å². The molecule has 110 valence electrons. The lowest BCUT2D eigenvalue weighted by atomic mass is 10.2. The van der Waals surface area contributed by atoms with Gasteiger partial charge in [0.1, 0.15) is 0 Å². The van der Waals surface area contributed by atoms with Gasteiger partial charge in [0, 0.05) is 37.6 Å². The molecular weight excluding hydrogens is 297 g/mol. The van der Waals surface area contributed by atoms with Gasteiger partial charge in [-0.05, 0) is 17.7 Å². The number of hydrogen-bond acceptors (Lipinski definition) is 3. The summed E-state index contributed by atoms with van der Waals surface area (Å²) in [6.45, 7) is 1.52. The van der Waals surface area contributed by atoms with E-state index in [2.05, 4.69) is 10.0 Å². The van der Waals surface area contributed by atoms with Crippen LogP contribution < -0.4 is 10.6 Å². The van der Waals surface area contributed by atoms with Gasteiger partial charge in [-0.3, -0.25) is 5.41 Å². The number of hydrazone groups is 1. The monoisotopic (exact) mass is 315 g/mol. The molecule has 1 aromatic rings. The molecule has 0 atom stereocenters. The summed E-state index contributed by atoms with van der Waals surface area (Å²) in [7, 11) is 1.62. The minimum Gasteiger partial charge on any atom is -0.369 e. The molecule has 0 spiro atoms. The second kappa shape index (κ2) is 8.66. The summed E-state index contributed by atoms with van der Waals surface area (Å²) < 4.78 is 0. The molecule has 0 aliphatic heterocycles. The summed E-state index contributed by atoms with van der Waals surface area (Å²) in [5.74, 6) is 1.01. The standard InChI is InChI=1S/C13H19Cl2N5/c1-19(13(16)17)18-10-11-2-4-12(5-3-11)20(8-6-14)9-7-15/h2-5,10H,6-9H2,1H3,(H3,16,17). The van der Waals surface area contributed by atoms with Crippen LogP contribution in [-0.2, 0) is 0 Å². The number of rotatable bonds is 7. The fourth-order valence-corrected chi connectivity index (χ4v) is 1.97. The number of guanidine groups is 1. The zero-order valence-electron chi connectivity index (χ0n) is 11.4. The molecule has 0 saturated heterocycles. The molecule has 0 saturated carbocycles. The third-order valence-corrected chi connectivity index (χ3v) is 3.03. The first-order valence-corrected chi connectivity index (χ1v) is 7.24. The second-order valence-corrected chi connectivity index (χ2v) is 4.87. The summed E-state index contributed by atoms with van der Waals surface area (Å²) in [6.07, 6.45) is 1.65. The van der Waals surface area contributed by atoms with Crippen molar-refractivity contribution in [3.63, 3.8) is 0 Å². The van der Waals surface area contributed by atoms with E-state index >= 15 is 0 Å². The molecule has 0 radical (unpaired) electrons. The van der Waals surface area contributed by atoms with Gasteiger partial charge in [-0.15, -0.1) is 23.2 Å². The predicted molar refractivity (Wildman–Crippen MR) is 87.4 cm³/mol. The average Bonchev–Trinajstić information content (AvgIpc) is 2.45. The third-order valence-electron chi connectivity index (χ3n) is 2.70. The Bertz CT molecular complexity index is 441. The second-order valence-electron chi connectivity index (χ2n) is 4.11. The lowest BCUT2D eigenvalue weighted by molar-refractivity contribution is 0.536. The molecule has 0 heterocycles. The first kappa shape index (κ1) is 16.6. The third kappa shape index (κ3) is 5.27. The molecule has 0 aliphatic carbocycles. The van der Waals surface area contributed by atoms with Gasteiger partial charge >= 0.3 is 0 Å². The van der Waals surface area contributed by atoms with Crippen LogP contribution in [0.2, 0.25) is 0 Å². The van der Waals surface area contributed by atoms with E-state index in [4.69, 9.17) is 34.3 Å². The van der Waals surface area contributed by atoms with Gasteiger partial charge in [0.15, 0.2) is 0 Å². The molecule has 1 aromatic carbocycles. The van der Waals surface area contributed by atoms with Crippen molar-refractivity contribution in [2.45, 2.75) is 0 Å². The molecule has 0 aromatic heterocycles. The smallest absolute Gasteiger partial charge is 0.208 e. The highest BCUT2D eigenvalue weighted by molar-refractivity contribution is 6.18. The van der Waals surface area contributed by atoms with Gasteiger partial charge in [0.2, 0.25) is 5.96 Å². The lowest BCUT2D eigenvalue weighted by Gasteiger charge is -2.22. The van der Waals surface area contributed by atoms with E-state index in [1.165, 1.54) is 5.01 Å². The zero-order chi connectivity index (χ0) is 15.0. The molecule has 7 heteroatoms. The molecule has 0 fully saturated rings. The molecule has 1 rings (SSSR count). The highest BCUT2D eigenvalue weighted by Gasteiger charge is 2.04. The summed E-state index contributed by atoms with van der Waals surface area (Å²) in [6, 6.07) is 7.88. The molecule has 0 bridgehead atoms. The van der Waals surface area contributed by atoms with Crippen LogP contribution in [0.1, 0.15) is 5.56 Å². The van der Waals surface area contributed by atoms with Crippen molar-refractivity contribution in [1.29, 1.82) is 5.41 Å².